The van der Waals surface area contributed by atoms with Gasteiger partial charge in [0.05, 0.1) is 37.3 Å². The molecule has 2 bridgehead atoms. The van der Waals surface area contributed by atoms with Gasteiger partial charge in [0.2, 0.25) is 11.8 Å². The van der Waals surface area contributed by atoms with Crippen molar-refractivity contribution in [3.63, 3.8) is 0 Å². The predicted octanol–water partition coefficient (Wildman–Crippen LogP) is 0.500. The molecule has 0 unspecified atom stereocenters. The number of imide groups is 1. The SMILES string of the molecule is COc1cccc(N2C(=O)[C@H]3[C@@H](C2=O)[C@@]2(CO)C=C[C@H]3O2)c1. The van der Waals surface area contributed by atoms with Gasteiger partial charge in [-0.2, -0.15) is 0 Å². The summed E-state index contributed by atoms with van der Waals surface area (Å²) in [5, 5.41) is 9.66. The third kappa shape index (κ3) is 1.51. The summed E-state index contributed by atoms with van der Waals surface area (Å²) in [6, 6.07) is 6.83. The number of rotatable bonds is 3. The number of fused-ring (bicyclic) bond motifs is 5. The van der Waals surface area contributed by atoms with Crippen LogP contribution in [0.25, 0.3) is 0 Å². The fourth-order valence-corrected chi connectivity index (χ4v) is 3.69. The van der Waals surface area contributed by atoms with Crippen molar-refractivity contribution < 1.29 is 24.2 Å². The lowest BCUT2D eigenvalue weighted by molar-refractivity contribution is -0.128. The van der Waals surface area contributed by atoms with E-state index < -0.39 is 23.5 Å². The Hall–Kier alpha value is -2.18. The number of nitrogens with zero attached hydrogens (tertiary/aromatic N) is 1. The van der Waals surface area contributed by atoms with Crippen LogP contribution in [0.2, 0.25) is 0 Å². The minimum atomic E-state index is -1.06. The van der Waals surface area contributed by atoms with E-state index in [1.165, 1.54) is 12.0 Å². The van der Waals surface area contributed by atoms with Crippen molar-refractivity contribution >= 4 is 17.5 Å². The summed E-state index contributed by atoms with van der Waals surface area (Å²) in [5.41, 5.74) is -0.577. The average Bonchev–Trinajstić information content (AvgIpc) is 3.18. The van der Waals surface area contributed by atoms with Gasteiger partial charge in [0, 0.05) is 6.07 Å². The molecule has 3 aliphatic rings. The van der Waals surface area contributed by atoms with Gasteiger partial charge in [-0.25, -0.2) is 4.90 Å². The molecule has 0 radical (unpaired) electrons. The summed E-state index contributed by atoms with van der Waals surface area (Å²) in [5.74, 6) is -1.26. The lowest BCUT2D eigenvalue weighted by Gasteiger charge is -2.26. The number of aliphatic hydroxyl groups excluding tert-OH is 1. The average molecular weight is 301 g/mol. The van der Waals surface area contributed by atoms with Crippen LogP contribution in [0.3, 0.4) is 0 Å². The minimum Gasteiger partial charge on any atom is -0.497 e. The number of anilines is 1. The van der Waals surface area contributed by atoms with E-state index in [1.54, 1.807) is 36.4 Å². The zero-order valence-electron chi connectivity index (χ0n) is 11.9. The molecule has 2 saturated heterocycles. The third-order valence-corrected chi connectivity index (χ3v) is 4.71. The largest absolute Gasteiger partial charge is 0.497 e. The van der Waals surface area contributed by atoms with E-state index in [-0.39, 0.29) is 18.4 Å². The maximum absolute atomic E-state index is 12.8. The Morgan fingerprint density at radius 3 is 2.91 bits per heavy atom. The second-order valence-corrected chi connectivity index (χ2v) is 5.77. The van der Waals surface area contributed by atoms with Gasteiger partial charge in [-0.1, -0.05) is 18.2 Å². The molecule has 4 atom stereocenters. The molecule has 0 aromatic heterocycles. The molecule has 22 heavy (non-hydrogen) atoms. The van der Waals surface area contributed by atoms with Gasteiger partial charge in [0.1, 0.15) is 11.4 Å². The third-order valence-electron chi connectivity index (χ3n) is 4.71. The standard InChI is InChI=1S/C16H15NO5/c1-21-10-4-2-3-9(7-10)17-14(19)12-11-5-6-16(8-18,22-11)13(12)15(17)20/h2-7,11-13,18H,8H2,1H3/t11-,12-,13+,16+/m1/s1. The van der Waals surface area contributed by atoms with Gasteiger partial charge in [0.15, 0.2) is 0 Å². The minimum absolute atomic E-state index is 0.284. The van der Waals surface area contributed by atoms with E-state index in [2.05, 4.69) is 0 Å². The van der Waals surface area contributed by atoms with E-state index in [9.17, 15) is 14.7 Å². The highest BCUT2D eigenvalue weighted by molar-refractivity contribution is 6.23. The molecule has 6 heteroatoms. The Kier molecular flexibility index (Phi) is 2.70. The number of hydrogen-bond acceptors (Lipinski definition) is 5. The second-order valence-electron chi connectivity index (χ2n) is 5.77. The van der Waals surface area contributed by atoms with Crippen molar-refractivity contribution in [2.75, 3.05) is 18.6 Å². The number of aliphatic hydroxyl groups is 1. The first-order chi connectivity index (χ1) is 10.6. The van der Waals surface area contributed by atoms with Crippen LogP contribution in [0.4, 0.5) is 5.69 Å². The summed E-state index contributed by atoms with van der Waals surface area (Å²) in [6.45, 7) is -0.313. The number of carbonyl (C=O) groups excluding carboxylic acids is 2. The van der Waals surface area contributed by atoms with Crippen LogP contribution in [0.5, 0.6) is 5.75 Å². The lowest BCUT2D eigenvalue weighted by atomic mass is 9.77. The monoisotopic (exact) mass is 301 g/mol. The first-order valence-corrected chi connectivity index (χ1v) is 7.11. The van der Waals surface area contributed by atoms with E-state index in [1.807, 2.05) is 0 Å². The van der Waals surface area contributed by atoms with E-state index in [0.717, 1.165) is 0 Å². The van der Waals surface area contributed by atoms with Gasteiger partial charge in [-0.3, -0.25) is 9.59 Å². The Balaban J connectivity index is 1.76. The van der Waals surface area contributed by atoms with Crippen LogP contribution in [-0.2, 0) is 14.3 Å². The number of ether oxygens (including phenoxy) is 2. The fraction of sp³-hybridized carbons (Fsp3) is 0.375. The molecule has 1 aromatic carbocycles. The maximum atomic E-state index is 12.8. The van der Waals surface area contributed by atoms with Gasteiger partial charge >= 0.3 is 0 Å². The Morgan fingerprint density at radius 2 is 2.18 bits per heavy atom. The molecular weight excluding hydrogens is 286 g/mol. The molecular formula is C16H15NO5. The summed E-state index contributed by atoms with van der Waals surface area (Å²) in [7, 11) is 1.53. The Labute approximate surface area is 126 Å². The Morgan fingerprint density at radius 1 is 1.36 bits per heavy atom. The topological polar surface area (TPSA) is 76.1 Å². The molecule has 4 rings (SSSR count). The fourth-order valence-electron chi connectivity index (χ4n) is 3.69. The lowest BCUT2D eigenvalue weighted by Crippen LogP contribution is -2.43. The van der Waals surface area contributed by atoms with E-state index in [0.29, 0.717) is 11.4 Å². The summed E-state index contributed by atoms with van der Waals surface area (Å²) >= 11 is 0. The molecule has 0 aliphatic carbocycles. The van der Waals surface area contributed by atoms with Crippen molar-refractivity contribution in [3.8, 4) is 5.75 Å². The normalized spacial score (nSPS) is 35.4. The highest BCUT2D eigenvalue weighted by Gasteiger charge is 2.67. The van der Waals surface area contributed by atoms with Crippen LogP contribution in [-0.4, -0.2) is 42.3 Å². The molecule has 1 aromatic rings. The van der Waals surface area contributed by atoms with Crippen molar-refractivity contribution in [2.24, 2.45) is 11.8 Å². The zero-order valence-corrected chi connectivity index (χ0v) is 11.9. The molecule has 3 heterocycles. The van der Waals surface area contributed by atoms with E-state index >= 15 is 0 Å². The quantitative estimate of drug-likeness (QED) is 0.650. The van der Waals surface area contributed by atoms with Crippen LogP contribution in [0, 0.1) is 11.8 Å². The molecule has 2 amide bonds. The molecule has 6 nitrogen and oxygen atoms in total. The van der Waals surface area contributed by atoms with E-state index in [4.69, 9.17) is 9.47 Å². The number of methoxy groups -OCH3 is 1. The Bertz CT molecular complexity index is 700. The highest BCUT2D eigenvalue weighted by atomic mass is 16.5. The first-order valence-electron chi connectivity index (χ1n) is 7.11. The maximum Gasteiger partial charge on any atom is 0.241 e. The molecule has 3 aliphatic heterocycles. The molecule has 2 fully saturated rings. The molecule has 0 saturated carbocycles. The van der Waals surface area contributed by atoms with Gasteiger partial charge in [-0.15, -0.1) is 0 Å². The number of hydrogen-bond donors (Lipinski definition) is 1. The number of benzene rings is 1. The van der Waals surface area contributed by atoms with Crippen LogP contribution < -0.4 is 9.64 Å². The summed E-state index contributed by atoms with van der Waals surface area (Å²) in [4.78, 5) is 26.7. The second kappa shape index (κ2) is 4.41. The van der Waals surface area contributed by atoms with Crippen molar-refractivity contribution in [2.45, 2.75) is 11.7 Å². The molecule has 114 valence electrons. The number of amides is 2. The number of carbonyl (C=O) groups is 2. The highest BCUT2D eigenvalue weighted by Crippen LogP contribution is 2.52. The molecule has 0 spiro atoms. The summed E-state index contributed by atoms with van der Waals surface area (Å²) < 4.78 is 10.8. The van der Waals surface area contributed by atoms with Crippen molar-refractivity contribution in [1.29, 1.82) is 0 Å². The van der Waals surface area contributed by atoms with Crippen LogP contribution in [0.1, 0.15) is 0 Å². The van der Waals surface area contributed by atoms with Gasteiger partial charge in [-0.05, 0) is 12.1 Å². The predicted molar refractivity (Wildman–Crippen MR) is 76.3 cm³/mol. The van der Waals surface area contributed by atoms with Crippen LogP contribution >= 0.6 is 0 Å². The van der Waals surface area contributed by atoms with Crippen LogP contribution in [0.15, 0.2) is 36.4 Å². The first kappa shape index (κ1) is 13.5. The summed E-state index contributed by atoms with van der Waals surface area (Å²) in [6.07, 6.45) is 3.03. The van der Waals surface area contributed by atoms with Crippen molar-refractivity contribution in [3.05, 3.63) is 36.4 Å². The smallest absolute Gasteiger partial charge is 0.241 e. The molecule has 1 N–H and O–H groups in total. The van der Waals surface area contributed by atoms with Gasteiger partial charge in [0.25, 0.3) is 0 Å². The van der Waals surface area contributed by atoms with Crippen molar-refractivity contribution in [1.82, 2.24) is 0 Å². The van der Waals surface area contributed by atoms with Gasteiger partial charge < -0.3 is 14.6 Å². The zero-order chi connectivity index (χ0) is 15.5.